The number of pyridine rings is 1. The van der Waals surface area contributed by atoms with Gasteiger partial charge in [0.25, 0.3) is 0 Å². The van der Waals surface area contributed by atoms with Crippen molar-refractivity contribution in [2.75, 3.05) is 6.54 Å². The minimum absolute atomic E-state index is 0.123. The van der Waals surface area contributed by atoms with Crippen LogP contribution in [-0.4, -0.2) is 42.8 Å². The molecule has 0 unspecified atom stereocenters. The lowest BCUT2D eigenvalue weighted by Crippen LogP contribution is -2.23. The van der Waals surface area contributed by atoms with Gasteiger partial charge in [0.15, 0.2) is 0 Å². The molecule has 8 nitrogen and oxygen atoms in total. The van der Waals surface area contributed by atoms with Gasteiger partial charge < -0.3 is 15.5 Å². The highest BCUT2D eigenvalue weighted by atomic mass is 16.5. The second-order valence-electron chi connectivity index (χ2n) is 5.72. The zero-order valence-electron chi connectivity index (χ0n) is 13.6. The standard InChI is InChI=1S/C17H17N7O/c1-10(3-18)25-16-9-19-8-15(24-16)14-7-21-17-13(14)2-11(4-20-17)12-5-22-23-6-12/h2,4-10H,3,18H2,1H3,(H,20,21)(H,22,23)/t10-/m1/s1. The van der Waals surface area contributed by atoms with E-state index in [4.69, 9.17) is 10.5 Å². The number of fused-ring (bicyclic) bond motifs is 1. The average molecular weight is 335 g/mol. The Labute approximate surface area is 143 Å². The lowest BCUT2D eigenvalue weighted by atomic mass is 10.1. The summed E-state index contributed by atoms with van der Waals surface area (Å²) in [7, 11) is 0. The average Bonchev–Trinajstić information content (AvgIpc) is 3.31. The fraction of sp³-hybridized carbons (Fsp3) is 0.176. The third-order valence-corrected chi connectivity index (χ3v) is 3.90. The smallest absolute Gasteiger partial charge is 0.233 e. The van der Waals surface area contributed by atoms with Crippen LogP contribution in [0.5, 0.6) is 5.88 Å². The summed E-state index contributed by atoms with van der Waals surface area (Å²) in [6, 6.07) is 2.05. The van der Waals surface area contributed by atoms with Crippen molar-refractivity contribution in [2.45, 2.75) is 13.0 Å². The first-order chi connectivity index (χ1) is 12.2. The molecule has 126 valence electrons. The Morgan fingerprint density at radius 2 is 2.08 bits per heavy atom. The first-order valence-electron chi connectivity index (χ1n) is 7.90. The van der Waals surface area contributed by atoms with E-state index in [9.17, 15) is 0 Å². The van der Waals surface area contributed by atoms with Crippen molar-refractivity contribution in [1.29, 1.82) is 0 Å². The topological polar surface area (TPSA) is 118 Å². The van der Waals surface area contributed by atoms with Crippen LogP contribution >= 0.6 is 0 Å². The maximum absolute atomic E-state index is 5.66. The summed E-state index contributed by atoms with van der Waals surface area (Å²) in [5, 5.41) is 7.75. The third kappa shape index (κ3) is 2.94. The fourth-order valence-electron chi connectivity index (χ4n) is 2.57. The molecule has 0 amide bonds. The molecule has 0 aliphatic carbocycles. The van der Waals surface area contributed by atoms with Crippen molar-refractivity contribution >= 4 is 11.0 Å². The van der Waals surface area contributed by atoms with Crippen LogP contribution < -0.4 is 10.5 Å². The lowest BCUT2D eigenvalue weighted by Gasteiger charge is -2.11. The van der Waals surface area contributed by atoms with Crippen molar-refractivity contribution in [3.8, 4) is 28.3 Å². The number of nitrogens with zero attached hydrogens (tertiary/aromatic N) is 4. The zero-order chi connectivity index (χ0) is 17.2. The van der Waals surface area contributed by atoms with Gasteiger partial charge in [0.2, 0.25) is 5.88 Å². The van der Waals surface area contributed by atoms with E-state index in [0.29, 0.717) is 18.1 Å². The van der Waals surface area contributed by atoms with Gasteiger partial charge in [-0.15, -0.1) is 0 Å². The van der Waals surface area contributed by atoms with Crippen LogP contribution in [0.15, 0.2) is 43.2 Å². The number of rotatable bonds is 5. The van der Waals surface area contributed by atoms with Gasteiger partial charge in [-0.25, -0.2) is 9.97 Å². The molecule has 0 radical (unpaired) electrons. The van der Waals surface area contributed by atoms with Crippen molar-refractivity contribution in [3.63, 3.8) is 0 Å². The molecule has 0 fully saturated rings. The molecule has 4 heterocycles. The normalized spacial score (nSPS) is 12.4. The van der Waals surface area contributed by atoms with Gasteiger partial charge in [0.05, 0.1) is 24.3 Å². The summed E-state index contributed by atoms with van der Waals surface area (Å²) in [6.07, 6.45) is 10.4. The van der Waals surface area contributed by atoms with Crippen LogP contribution in [0.2, 0.25) is 0 Å². The van der Waals surface area contributed by atoms with Gasteiger partial charge >= 0.3 is 0 Å². The quantitative estimate of drug-likeness (QED) is 0.514. The number of H-pyrrole nitrogens is 2. The van der Waals surface area contributed by atoms with E-state index >= 15 is 0 Å². The van der Waals surface area contributed by atoms with Crippen LogP contribution in [0.1, 0.15) is 6.92 Å². The molecule has 0 spiro atoms. The Bertz CT molecular complexity index is 993. The lowest BCUT2D eigenvalue weighted by molar-refractivity contribution is 0.220. The van der Waals surface area contributed by atoms with Crippen LogP contribution in [0.4, 0.5) is 0 Å². The van der Waals surface area contributed by atoms with E-state index in [1.807, 2.05) is 25.5 Å². The van der Waals surface area contributed by atoms with Gasteiger partial charge in [-0.3, -0.25) is 10.1 Å². The fourth-order valence-corrected chi connectivity index (χ4v) is 2.57. The second kappa shape index (κ2) is 6.33. The maximum Gasteiger partial charge on any atom is 0.233 e. The number of hydrogen-bond acceptors (Lipinski definition) is 6. The van der Waals surface area contributed by atoms with E-state index in [-0.39, 0.29) is 6.10 Å². The Balaban J connectivity index is 1.76. The largest absolute Gasteiger partial charge is 0.472 e. The number of nitrogens with two attached hydrogens (primary N) is 1. The van der Waals surface area contributed by atoms with Gasteiger partial charge in [-0.2, -0.15) is 5.10 Å². The van der Waals surface area contributed by atoms with Crippen molar-refractivity contribution in [1.82, 2.24) is 30.1 Å². The van der Waals surface area contributed by atoms with Crippen LogP contribution in [0.3, 0.4) is 0 Å². The molecule has 0 aromatic carbocycles. The van der Waals surface area contributed by atoms with Gasteiger partial charge in [-0.05, 0) is 13.0 Å². The highest BCUT2D eigenvalue weighted by Gasteiger charge is 2.12. The van der Waals surface area contributed by atoms with Crippen molar-refractivity contribution in [2.24, 2.45) is 5.73 Å². The van der Waals surface area contributed by atoms with Crippen LogP contribution in [0.25, 0.3) is 33.4 Å². The van der Waals surface area contributed by atoms with Crippen molar-refractivity contribution in [3.05, 3.63) is 43.2 Å². The van der Waals surface area contributed by atoms with Crippen molar-refractivity contribution < 1.29 is 4.74 Å². The molecule has 4 rings (SSSR count). The molecule has 4 N–H and O–H groups in total. The SMILES string of the molecule is C[C@H](CN)Oc1cncc(-c2c[nH]c3ncc(-c4cn[nH]c4)cc23)n1. The summed E-state index contributed by atoms with van der Waals surface area (Å²) in [4.78, 5) is 16.4. The molecule has 8 heteroatoms. The number of nitrogens with one attached hydrogen (secondary N) is 2. The zero-order valence-corrected chi connectivity index (χ0v) is 13.6. The monoisotopic (exact) mass is 335 g/mol. The molecule has 0 saturated heterocycles. The molecular formula is C17H17N7O. The maximum atomic E-state index is 5.66. The minimum Gasteiger partial charge on any atom is -0.472 e. The Kier molecular flexibility index (Phi) is 3.87. The summed E-state index contributed by atoms with van der Waals surface area (Å²) in [6.45, 7) is 2.30. The van der Waals surface area contributed by atoms with Gasteiger partial charge in [0.1, 0.15) is 11.8 Å². The molecule has 1 atom stereocenters. The van der Waals surface area contributed by atoms with Gasteiger partial charge in [-0.1, -0.05) is 0 Å². The third-order valence-electron chi connectivity index (χ3n) is 3.90. The Hall–Kier alpha value is -3.26. The summed E-state index contributed by atoms with van der Waals surface area (Å²) >= 11 is 0. The van der Waals surface area contributed by atoms with Crippen LogP contribution in [0, 0.1) is 0 Å². The van der Waals surface area contributed by atoms with E-state index in [1.165, 1.54) is 0 Å². The molecule has 25 heavy (non-hydrogen) atoms. The Morgan fingerprint density at radius 1 is 1.16 bits per heavy atom. The number of ether oxygens (including phenoxy) is 1. The molecule has 0 aliphatic heterocycles. The first-order valence-corrected chi connectivity index (χ1v) is 7.90. The minimum atomic E-state index is -0.123. The molecule has 4 aromatic heterocycles. The highest BCUT2D eigenvalue weighted by Crippen LogP contribution is 2.30. The van der Waals surface area contributed by atoms with Crippen LogP contribution in [-0.2, 0) is 0 Å². The van der Waals surface area contributed by atoms with E-state index in [0.717, 1.165) is 27.7 Å². The molecule has 0 aliphatic rings. The summed E-state index contributed by atoms with van der Waals surface area (Å²) in [5.74, 6) is 0.448. The van der Waals surface area contributed by atoms with Gasteiger partial charge in [0, 0.05) is 47.2 Å². The molecule has 0 saturated carbocycles. The molecular weight excluding hydrogens is 318 g/mol. The summed E-state index contributed by atoms with van der Waals surface area (Å²) in [5.41, 5.74) is 9.94. The van der Waals surface area contributed by atoms with E-state index in [2.05, 4.69) is 36.2 Å². The second-order valence-corrected chi connectivity index (χ2v) is 5.72. The predicted molar refractivity (Wildman–Crippen MR) is 93.8 cm³/mol. The first kappa shape index (κ1) is 15.3. The number of aromatic amines is 2. The van der Waals surface area contributed by atoms with E-state index in [1.54, 1.807) is 18.6 Å². The van der Waals surface area contributed by atoms with E-state index < -0.39 is 0 Å². The Morgan fingerprint density at radius 3 is 2.88 bits per heavy atom. The molecule has 0 bridgehead atoms. The highest BCUT2D eigenvalue weighted by molar-refractivity contribution is 5.94. The number of aromatic nitrogens is 6. The molecule has 4 aromatic rings. The summed E-state index contributed by atoms with van der Waals surface area (Å²) < 4.78 is 5.66. The predicted octanol–water partition coefficient (Wildman–Crippen LogP) is 2.14. The number of hydrogen-bond donors (Lipinski definition) is 3.